The molecule has 3 rings (SSSR count). The van der Waals surface area contributed by atoms with Crippen molar-refractivity contribution >= 4 is 11.7 Å². The highest BCUT2D eigenvalue weighted by atomic mass is 16.2. The van der Waals surface area contributed by atoms with E-state index in [4.69, 9.17) is 10.7 Å². The number of nitrogens with one attached hydrogen (secondary N) is 2. The molecule has 33 heavy (non-hydrogen) atoms. The molecule has 0 radical (unpaired) electrons. The fourth-order valence-corrected chi connectivity index (χ4v) is 4.90. The van der Waals surface area contributed by atoms with Crippen LogP contribution in [0.3, 0.4) is 0 Å². The van der Waals surface area contributed by atoms with Crippen molar-refractivity contribution in [1.29, 1.82) is 0 Å². The first-order valence-electron chi connectivity index (χ1n) is 12.7. The maximum atomic E-state index is 12.5. The van der Waals surface area contributed by atoms with Crippen LogP contribution in [0, 0.1) is 5.92 Å². The Morgan fingerprint density at radius 1 is 1.18 bits per heavy atom. The van der Waals surface area contributed by atoms with E-state index in [1.54, 1.807) is 20.0 Å². The average Bonchev–Trinajstić information content (AvgIpc) is 2.83. The van der Waals surface area contributed by atoms with E-state index in [2.05, 4.69) is 28.2 Å². The summed E-state index contributed by atoms with van der Waals surface area (Å²) in [5.41, 5.74) is 6.35. The monoisotopic (exact) mass is 456 g/mol. The summed E-state index contributed by atoms with van der Waals surface area (Å²) in [6.45, 7) is 11.2. The molecule has 0 aromatic rings. The second-order valence-electron chi connectivity index (χ2n) is 10.3. The van der Waals surface area contributed by atoms with Gasteiger partial charge < -0.3 is 26.2 Å². The normalized spacial score (nSPS) is 23.5. The van der Waals surface area contributed by atoms with Crippen LogP contribution >= 0.6 is 0 Å². The van der Waals surface area contributed by atoms with Crippen molar-refractivity contribution in [2.24, 2.45) is 16.6 Å². The molecule has 1 amide bonds. The maximum Gasteiger partial charge on any atom is 0.242 e. The van der Waals surface area contributed by atoms with Crippen LogP contribution in [0.15, 0.2) is 41.8 Å². The molecule has 3 aliphatic rings. The van der Waals surface area contributed by atoms with Crippen molar-refractivity contribution < 1.29 is 4.79 Å². The van der Waals surface area contributed by atoms with Crippen LogP contribution < -0.4 is 16.4 Å². The molecule has 4 N–H and O–H groups in total. The van der Waals surface area contributed by atoms with Crippen molar-refractivity contribution in [1.82, 2.24) is 20.4 Å². The lowest BCUT2D eigenvalue weighted by atomic mass is 9.91. The van der Waals surface area contributed by atoms with Gasteiger partial charge in [-0.15, -0.1) is 0 Å². The molecule has 184 valence electrons. The Bertz CT molecular complexity index is 736. The molecule has 1 aliphatic heterocycles. The van der Waals surface area contributed by atoms with Crippen molar-refractivity contribution in [3.63, 3.8) is 0 Å². The average molecular weight is 457 g/mol. The third kappa shape index (κ3) is 8.00. The van der Waals surface area contributed by atoms with Crippen molar-refractivity contribution in [3.05, 3.63) is 36.8 Å². The number of allylic oxidation sites excluding steroid dienone is 2. The second kappa shape index (κ2) is 12.4. The first kappa shape index (κ1) is 25.5. The zero-order valence-corrected chi connectivity index (χ0v) is 20.7. The summed E-state index contributed by atoms with van der Waals surface area (Å²) in [6, 6.07) is 0.728. The topological polar surface area (TPSA) is 86.0 Å². The Morgan fingerprint density at radius 3 is 2.48 bits per heavy atom. The van der Waals surface area contributed by atoms with E-state index in [1.165, 1.54) is 44.2 Å². The van der Waals surface area contributed by atoms with Crippen LogP contribution in [-0.2, 0) is 4.79 Å². The highest BCUT2D eigenvalue weighted by Gasteiger charge is 2.30. The standard InChI is InChI=1S/C26H44N6O/c1-4-28-15-14-24(31-16-18-32(19-17-31)25(33)26(2,3)27)30-23-12-10-21(11-13-23)20-29-22-8-6-5-7-9-22/h4,12,14-15,21-22,28-29H,1,5-11,13,16-20,27H2,2-3H3/b15-14-,30-24+. The lowest BCUT2D eigenvalue weighted by Gasteiger charge is -2.38. The van der Waals surface area contributed by atoms with Crippen molar-refractivity contribution in [2.75, 3.05) is 32.7 Å². The molecule has 0 aromatic carbocycles. The van der Waals surface area contributed by atoms with Gasteiger partial charge in [0, 0.05) is 44.1 Å². The Balaban J connectivity index is 1.56. The summed E-state index contributed by atoms with van der Waals surface area (Å²) in [4.78, 5) is 21.7. The van der Waals surface area contributed by atoms with Gasteiger partial charge in [-0.2, -0.15) is 0 Å². The van der Waals surface area contributed by atoms with Crippen molar-refractivity contribution in [2.45, 2.75) is 76.8 Å². The summed E-state index contributed by atoms with van der Waals surface area (Å²) in [6.07, 6.45) is 18.0. The number of nitrogens with zero attached hydrogens (tertiary/aromatic N) is 3. The molecule has 2 aliphatic carbocycles. The second-order valence-corrected chi connectivity index (χ2v) is 10.3. The summed E-state index contributed by atoms with van der Waals surface area (Å²) in [7, 11) is 0. The van der Waals surface area contributed by atoms with E-state index in [-0.39, 0.29) is 5.91 Å². The highest BCUT2D eigenvalue weighted by molar-refractivity contribution is 5.94. The van der Waals surface area contributed by atoms with Gasteiger partial charge in [0.05, 0.1) is 5.54 Å². The number of piperazine rings is 1. The Hall–Kier alpha value is -2.12. The fraction of sp³-hybridized carbons (Fsp3) is 0.692. The first-order valence-corrected chi connectivity index (χ1v) is 12.7. The summed E-state index contributed by atoms with van der Waals surface area (Å²) >= 11 is 0. The molecule has 7 heteroatoms. The molecule has 1 atom stereocenters. The van der Waals surface area contributed by atoms with Crippen LogP contribution in [0.1, 0.15) is 65.2 Å². The van der Waals surface area contributed by atoms with Crippen molar-refractivity contribution in [3.8, 4) is 0 Å². The number of hydrogen-bond acceptors (Lipinski definition) is 5. The number of hydrogen-bond donors (Lipinski definition) is 3. The lowest BCUT2D eigenvalue weighted by molar-refractivity contribution is -0.137. The third-order valence-corrected chi connectivity index (χ3v) is 6.94. The summed E-state index contributed by atoms with van der Waals surface area (Å²) in [5, 5.41) is 6.84. The molecule has 2 fully saturated rings. The number of nitrogens with two attached hydrogens (primary N) is 1. The van der Waals surface area contributed by atoms with E-state index < -0.39 is 5.54 Å². The number of carbonyl (C=O) groups excluding carboxylic acids is 1. The van der Waals surface area contributed by atoms with E-state index in [0.29, 0.717) is 19.0 Å². The fourth-order valence-electron chi connectivity index (χ4n) is 4.90. The molecular weight excluding hydrogens is 412 g/mol. The minimum absolute atomic E-state index is 0.00683. The highest BCUT2D eigenvalue weighted by Crippen LogP contribution is 2.25. The van der Waals surface area contributed by atoms with Crippen LogP contribution in [-0.4, -0.2) is 65.8 Å². The van der Waals surface area contributed by atoms with E-state index >= 15 is 0 Å². The van der Waals surface area contributed by atoms with Gasteiger partial charge in [-0.3, -0.25) is 4.79 Å². The molecule has 0 bridgehead atoms. The van der Waals surface area contributed by atoms with Gasteiger partial charge in [-0.25, -0.2) is 4.99 Å². The van der Waals surface area contributed by atoms with Gasteiger partial charge in [-0.05, 0) is 70.7 Å². The molecule has 1 saturated heterocycles. The van der Waals surface area contributed by atoms with Crippen LogP contribution in [0.4, 0.5) is 0 Å². The summed E-state index contributed by atoms with van der Waals surface area (Å²) < 4.78 is 0. The zero-order valence-electron chi connectivity index (χ0n) is 20.7. The summed E-state index contributed by atoms with van der Waals surface area (Å²) in [5.74, 6) is 1.65. The van der Waals surface area contributed by atoms with Gasteiger partial charge >= 0.3 is 0 Å². The number of rotatable bonds is 8. The maximum absolute atomic E-state index is 12.5. The van der Waals surface area contributed by atoms with E-state index in [0.717, 1.165) is 44.4 Å². The van der Waals surface area contributed by atoms with Crippen LogP contribution in [0.5, 0.6) is 0 Å². The predicted molar refractivity (Wildman–Crippen MR) is 137 cm³/mol. The van der Waals surface area contributed by atoms with Gasteiger partial charge in [0.2, 0.25) is 5.91 Å². The molecule has 0 aromatic heterocycles. The number of amidine groups is 1. The van der Waals surface area contributed by atoms with Gasteiger partial charge in [0.25, 0.3) is 0 Å². The predicted octanol–water partition coefficient (Wildman–Crippen LogP) is 3.12. The van der Waals surface area contributed by atoms with E-state index in [9.17, 15) is 4.79 Å². The SMILES string of the molecule is C=CN/C=C\C(=N/C1=CCC(CNC2CCCCC2)CC1)N1CCN(C(=O)C(C)(C)N)CC1. The molecule has 1 unspecified atom stereocenters. The Labute approximate surface area is 200 Å². The molecule has 7 nitrogen and oxygen atoms in total. The zero-order chi connectivity index (χ0) is 23.7. The Kier molecular flexibility index (Phi) is 9.56. The minimum atomic E-state index is -0.831. The largest absolute Gasteiger partial charge is 0.368 e. The molecular formula is C26H44N6O. The smallest absolute Gasteiger partial charge is 0.242 e. The Morgan fingerprint density at radius 2 is 1.88 bits per heavy atom. The first-order chi connectivity index (χ1) is 15.9. The van der Waals surface area contributed by atoms with Gasteiger partial charge in [-0.1, -0.05) is 31.9 Å². The molecule has 1 saturated carbocycles. The number of carbonyl (C=O) groups is 1. The minimum Gasteiger partial charge on any atom is -0.368 e. The number of aliphatic imine (C=N–C) groups is 1. The van der Waals surface area contributed by atoms with Gasteiger partial charge in [0.1, 0.15) is 5.84 Å². The lowest BCUT2D eigenvalue weighted by Crippen LogP contribution is -2.57. The molecule has 1 heterocycles. The third-order valence-electron chi connectivity index (χ3n) is 6.94. The molecule has 0 spiro atoms. The van der Waals surface area contributed by atoms with Crippen LogP contribution in [0.2, 0.25) is 0 Å². The van der Waals surface area contributed by atoms with E-state index in [1.807, 2.05) is 17.2 Å². The van der Waals surface area contributed by atoms with Gasteiger partial charge in [0.15, 0.2) is 0 Å². The number of amides is 1. The quantitative estimate of drug-likeness (QED) is 0.386. The van der Waals surface area contributed by atoms with Crippen LogP contribution in [0.25, 0.3) is 0 Å².